The summed E-state index contributed by atoms with van der Waals surface area (Å²) in [6, 6.07) is 0. The summed E-state index contributed by atoms with van der Waals surface area (Å²) in [5.74, 6) is 0.954. The first-order chi connectivity index (χ1) is 9.08. The molecule has 0 radical (unpaired) electrons. The van der Waals surface area contributed by atoms with Crippen LogP contribution in [0, 0.1) is 11.8 Å². The zero-order chi connectivity index (χ0) is 14.1. The van der Waals surface area contributed by atoms with E-state index in [1.54, 1.807) is 0 Å². The molecule has 1 aliphatic rings. The Labute approximate surface area is 115 Å². The molecule has 1 unspecified atom stereocenters. The van der Waals surface area contributed by atoms with Gasteiger partial charge in [0.1, 0.15) is 0 Å². The molecule has 2 amide bonds. The molecule has 19 heavy (non-hydrogen) atoms. The predicted molar refractivity (Wildman–Crippen MR) is 75.7 cm³/mol. The molecule has 1 saturated heterocycles. The maximum atomic E-state index is 11.6. The second-order valence-electron chi connectivity index (χ2n) is 5.71. The molecule has 1 aliphatic heterocycles. The molecule has 0 saturated carbocycles. The lowest BCUT2D eigenvalue weighted by atomic mass is 10.00. The topological polar surface area (TPSA) is 70.2 Å². The van der Waals surface area contributed by atoms with Crippen LogP contribution in [-0.2, 0) is 9.59 Å². The van der Waals surface area contributed by atoms with Crippen molar-refractivity contribution in [1.82, 2.24) is 16.0 Å². The highest BCUT2D eigenvalue weighted by Crippen LogP contribution is 2.08. The van der Waals surface area contributed by atoms with E-state index in [4.69, 9.17) is 0 Å². The Kier molecular flexibility index (Phi) is 7.48. The van der Waals surface area contributed by atoms with Crippen molar-refractivity contribution in [1.29, 1.82) is 0 Å². The minimum absolute atomic E-state index is 0.0235. The minimum atomic E-state index is 0.0235. The molecule has 0 spiro atoms. The Morgan fingerprint density at radius 3 is 2.68 bits per heavy atom. The average molecular weight is 269 g/mol. The summed E-state index contributed by atoms with van der Waals surface area (Å²) in [6.07, 6.45) is 3.25. The highest BCUT2D eigenvalue weighted by Gasteiger charge is 2.13. The summed E-state index contributed by atoms with van der Waals surface area (Å²) >= 11 is 0. The van der Waals surface area contributed by atoms with Crippen LogP contribution in [0.2, 0.25) is 0 Å². The molecule has 0 aromatic rings. The normalized spacial score (nSPS) is 19.2. The lowest BCUT2D eigenvalue weighted by Gasteiger charge is -2.22. The summed E-state index contributed by atoms with van der Waals surface area (Å²) in [6.45, 7) is 7.26. The van der Waals surface area contributed by atoms with E-state index < -0.39 is 0 Å². The Bertz CT molecular complexity index is 286. The van der Waals surface area contributed by atoms with Gasteiger partial charge >= 0.3 is 0 Å². The van der Waals surface area contributed by atoms with Gasteiger partial charge in [-0.25, -0.2) is 0 Å². The van der Waals surface area contributed by atoms with Gasteiger partial charge < -0.3 is 16.0 Å². The fraction of sp³-hybridized carbons (Fsp3) is 0.857. The van der Waals surface area contributed by atoms with Gasteiger partial charge in [-0.3, -0.25) is 9.59 Å². The Hall–Kier alpha value is -1.10. The number of hydrogen-bond acceptors (Lipinski definition) is 3. The third-order valence-electron chi connectivity index (χ3n) is 3.25. The second-order valence-corrected chi connectivity index (χ2v) is 5.71. The van der Waals surface area contributed by atoms with Gasteiger partial charge in [-0.2, -0.15) is 0 Å². The first-order valence-corrected chi connectivity index (χ1v) is 7.32. The van der Waals surface area contributed by atoms with Crippen molar-refractivity contribution < 1.29 is 9.59 Å². The lowest BCUT2D eigenvalue weighted by Crippen LogP contribution is -2.39. The fourth-order valence-corrected chi connectivity index (χ4v) is 2.20. The fourth-order valence-electron chi connectivity index (χ4n) is 2.20. The van der Waals surface area contributed by atoms with Crippen LogP contribution in [-0.4, -0.2) is 38.0 Å². The van der Waals surface area contributed by atoms with Gasteiger partial charge in [-0.1, -0.05) is 13.8 Å². The van der Waals surface area contributed by atoms with E-state index in [2.05, 4.69) is 16.0 Å². The monoisotopic (exact) mass is 269 g/mol. The zero-order valence-corrected chi connectivity index (χ0v) is 12.1. The summed E-state index contributed by atoms with van der Waals surface area (Å²) in [4.78, 5) is 23.0. The van der Waals surface area contributed by atoms with Crippen LogP contribution in [0.1, 0.15) is 39.5 Å². The quantitative estimate of drug-likeness (QED) is 0.636. The van der Waals surface area contributed by atoms with E-state index in [0.29, 0.717) is 31.2 Å². The van der Waals surface area contributed by atoms with Crippen LogP contribution in [0.4, 0.5) is 0 Å². The van der Waals surface area contributed by atoms with Gasteiger partial charge in [0.2, 0.25) is 11.8 Å². The third-order valence-corrected chi connectivity index (χ3v) is 3.25. The van der Waals surface area contributed by atoms with Gasteiger partial charge in [0.15, 0.2) is 0 Å². The summed E-state index contributed by atoms with van der Waals surface area (Å²) in [5, 5.41) is 9.03. The molecule has 1 rings (SSSR count). The maximum Gasteiger partial charge on any atom is 0.221 e. The average Bonchev–Trinajstić information content (AvgIpc) is 2.36. The Balaban J connectivity index is 2.02. The Morgan fingerprint density at radius 1 is 1.26 bits per heavy atom. The van der Waals surface area contributed by atoms with Crippen LogP contribution in [0.25, 0.3) is 0 Å². The maximum absolute atomic E-state index is 11.6. The Morgan fingerprint density at radius 2 is 2.05 bits per heavy atom. The summed E-state index contributed by atoms with van der Waals surface area (Å²) in [7, 11) is 0. The number of carbonyl (C=O) groups excluding carboxylic acids is 2. The minimum Gasteiger partial charge on any atom is -0.356 e. The first kappa shape index (κ1) is 16.0. The number of piperidine rings is 1. The van der Waals surface area contributed by atoms with Crippen molar-refractivity contribution >= 4 is 11.8 Å². The largest absolute Gasteiger partial charge is 0.356 e. The van der Waals surface area contributed by atoms with E-state index in [0.717, 1.165) is 19.6 Å². The molecular formula is C14H27N3O2. The molecule has 110 valence electrons. The van der Waals surface area contributed by atoms with Gasteiger partial charge in [0.25, 0.3) is 0 Å². The number of nitrogens with one attached hydrogen (secondary N) is 3. The van der Waals surface area contributed by atoms with Crippen molar-refractivity contribution in [2.45, 2.75) is 39.5 Å². The van der Waals surface area contributed by atoms with Gasteiger partial charge in [0.05, 0.1) is 0 Å². The van der Waals surface area contributed by atoms with Crippen LogP contribution in [0.15, 0.2) is 0 Å². The molecule has 5 nitrogen and oxygen atoms in total. The second kappa shape index (κ2) is 8.91. The van der Waals surface area contributed by atoms with E-state index in [1.165, 1.54) is 12.8 Å². The molecule has 0 aliphatic carbocycles. The molecule has 3 N–H and O–H groups in total. The van der Waals surface area contributed by atoms with Gasteiger partial charge in [-0.15, -0.1) is 0 Å². The molecule has 1 fully saturated rings. The number of hydrogen-bond donors (Lipinski definition) is 3. The molecule has 0 bridgehead atoms. The number of carbonyl (C=O) groups is 2. The predicted octanol–water partition coefficient (Wildman–Crippen LogP) is 0.655. The summed E-state index contributed by atoms with van der Waals surface area (Å²) < 4.78 is 0. The van der Waals surface area contributed by atoms with E-state index in [9.17, 15) is 9.59 Å². The van der Waals surface area contributed by atoms with Crippen LogP contribution >= 0.6 is 0 Å². The third kappa shape index (κ3) is 7.82. The number of rotatable bonds is 7. The van der Waals surface area contributed by atoms with Crippen molar-refractivity contribution in [3.05, 3.63) is 0 Å². The highest BCUT2D eigenvalue weighted by atomic mass is 16.2. The van der Waals surface area contributed by atoms with Crippen molar-refractivity contribution in [3.63, 3.8) is 0 Å². The van der Waals surface area contributed by atoms with Crippen molar-refractivity contribution in [3.8, 4) is 0 Å². The molecule has 0 aromatic carbocycles. The van der Waals surface area contributed by atoms with Crippen LogP contribution < -0.4 is 16.0 Å². The van der Waals surface area contributed by atoms with Crippen molar-refractivity contribution in [2.24, 2.45) is 11.8 Å². The van der Waals surface area contributed by atoms with E-state index >= 15 is 0 Å². The smallest absolute Gasteiger partial charge is 0.221 e. The highest BCUT2D eigenvalue weighted by molar-refractivity contribution is 5.79. The van der Waals surface area contributed by atoms with Gasteiger partial charge in [-0.05, 0) is 37.8 Å². The van der Waals surface area contributed by atoms with Crippen molar-refractivity contribution in [2.75, 3.05) is 26.2 Å². The molecule has 5 heteroatoms. The zero-order valence-electron chi connectivity index (χ0n) is 12.1. The van der Waals surface area contributed by atoms with E-state index in [-0.39, 0.29) is 11.8 Å². The molecule has 1 atom stereocenters. The van der Waals surface area contributed by atoms with E-state index in [1.807, 2.05) is 13.8 Å². The standard InChI is InChI=1S/C14H27N3O2/c1-11(2)8-14(19)16-7-5-13(18)17-10-12-4-3-6-15-9-12/h11-12,15H,3-10H2,1-2H3,(H,16,19)(H,17,18). The number of amides is 2. The molecule has 0 aromatic heterocycles. The SMILES string of the molecule is CC(C)CC(=O)NCCC(=O)NCC1CCCNC1. The summed E-state index contributed by atoms with van der Waals surface area (Å²) in [5.41, 5.74) is 0. The molecular weight excluding hydrogens is 242 g/mol. The van der Waals surface area contributed by atoms with Crippen LogP contribution in [0.5, 0.6) is 0 Å². The van der Waals surface area contributed by atoms with Crippen LogP contribution in [0.3, 0.4) is 0 Å². The first-order valence-electron chi connectivity index (χ1n) is 7.32. The molecule has 1 heterocycles. The van der Waals surface area contributed by atoms with Gasteiger partial charge in [0, 0.05) is 25.9 Å². The lowest BCUT2D eigenvalue weighted by molar-refractivity contribution is -0.122.